The van der Waals surface area contributed by atoms with Gasteiger partial charge in [-0.2, -0.15) is 0 Å². The Morgan fingerprint density at radius 3 is 2.18 bits per heavy atom. The molecule has 2 rings (SSSR count). The van der Waals surface area contributed by atoms with Crippen molar-refractivity contribution >= 4 is 0 Å². The van der Waals surface area contributed by atoms with E-state index in [0.717, 1.165) is 0 Å². The Labute approximate surface area is 99.5 Å². The molecule has 17 heavy (non-hydrogen) atoms. The molecule has 0 aliphatic carbocycles. The number of hydrogen-bond acceptors (Lipinski definition) is 2. The largest absolute Gasteiger partial charge is 0.486 e. The van der Waals surface area contributed by atoms with E-state index in [9.17, 15) is 8.78 Å². The van der Waals surface area contributed by atoms with Gasteiger partial charge in [0.15, 0.2) is 11.5 Å². The van der Waals surface area contributed by atoms with Gasteiger partial charge < -0.3 is 9.47 Å². The lowest BCUT2D eigenvalue weighted by molar-refractivity contribution is -0.0522. The molecular formula is C13H16F2O2. The minimum absolute atomic E-state index is 0.0248. The number of aryl methyl sites for hydroxylation is 1. The Balaban J connectivity index is 2.48. The Kier molecular flexibility index (Phi) is 2.98. The Bertz CT molecular complexity index is 428. The number of fused-ring (bicyclic) bond motifs is 1. The Morgan fingerprint density at radius 1 is 1.12 bits per heavy atom. The Hall–Kier alpha value is -1.32. The van der Waals surface area contributed by atoms with Crippen LogP contribution in [0, 0.1) is 12.8 Å². The summed E-state index contributed by atoms with van der Waals surface area (Å²) in [4.78, 5) is 0. The van der Waals surface area contributed by atoms with E-state index in [1.54, 1.807) is 13.0 Å². The number of benzene rings is 1. The van der Waals surface area contributed by atoms with Crippen molar-refractivity contribution < 1.29 is 18.3 Å². The average Bonchev–Trinajstić information content (AvgIpc) is 2.27. The van der Waals surface area contributed by atoms with Crippen molar-refractivity contribution in [3.05, 3.63) is 23.3 Å². The molecule has 1 aromatic rings. The molecule has 0 bridgehead atoms. The van der Waals surface area contributed by atoms with Gasteiger partial charge in [-0.05, 0) is 24.6 Å². The fourth-order valence-electron chi connectivity index (χ4n) is 1.86. The summed E-state index contributed by atoms with van der Waals surface area (Å²) in [5, 5.41) is 0. The predicted octanol–water partition coefficient (Wildman–Crippen LogP) is 3.51. The van der Waals surface area contributed by atoms with E-state index in [1.165, 1.54) is 19.9 Å². The molecule has 0 aromatic heterocycles. The molecule has 0 radical (unpaired) electrons. The molecule has 1 heterocycles. The molecule has 2 nitrogen and oxygen atoms in total. The first-order chi connectivity index (χ1) is 7.93. The van der Waals surface area contributed by atoms with Crippen LogP contribution < -0.4 is 9.47 Å². The second-order valence-corrected chi connectivity index (χ2v) is 4.59. The zero-order valence-corrected chi connectivity index (χ0v) is 10.2. The highest BCUT2D eigenvalue weighted by Gasteiger charge is 2.38. The van der Waals surface area contributed by atoms with Crippen LogP contribution in [0.1, 0.15) is 25.0 Å². The Morgan fingerprint density at radius 2 is 1.65 bits per heavy atom. The first-order valence-corrected chi connectivity index (χ1v) is 5.71. The summed E-state index contributed by atoms with van der Waals surface area (Å²) in [5.74, 6) is -2.63. The molecule has 1 aliphatic heterocycles. The summed E-state index contributed by atoms with van der Waals surface area (Å²) in [5.41, 5.74) is 0.560. The normalized spacial score (nSPS) is 15.2. The highest BCUT2D eigenvalue weighted by atomic mass is 19.3. The summed E-state index contributed by atoms with van der Waals surface area (Å²) in [6.45, 7) is 5.56. The lowest BCUT2D eigenvalue weighted by atomic mass is 9.93. The summed E-state index contributed by atoms with van der Waals surface area (Å²) in [6, 6.07) is 3.03. The standard InChI is InChI=1S/C13H16F2O2/c1-8(2)13(14,15)10-7-12-11(6-9(10)3)16-4-5-17-12/h6-8H,4-5H2,1-3H3. The monoisotopic (exact) mass is 242 g/mol. The second-order valence-electron chi connectivity index (χ2n) is 4.59. The van der Waals surface area contributed by atoms with E-state index in [2.05, 4.69) is 0 Å². The minimum Gasteiger partial charge on any atom is -0.486 e. The molecule has 0 fully saturated rings. The highest BCUT2D eigenvalue weighted by Crippen LogP contribution is 2.42. The minimum atomic E-state index is -2.85. The average molecular weight is 242 g/mol. The summed E-state index contributed by atoms with van der Waals surface area (Å²) < 4.78 is 38.7. The lowest BCUT2D eigenvalue weighted by Gasteiger charge is -2.26. The molecule has 0 atom stereocenters. The van der Waals surface area contributed by atoms with Crippen molar-refractivity contribution in [2.75, 3.05) is 13.2 Å². The van der Waals surface area contributed by atoms with E-state index in [0.29, 0.717) is 30.3 Å². The zero-order valence-electron chi connectivity index (χ0n) is 10.2. The highest BCUT2D eigenvalue weighted by molar-refractivity contribution is 5.49. The molecule has 0 amide bonds. The topological polar surface area (TPSA) is 18.5 Å². The third kappa shape index (κ3) is 2.08. The molecule has 1 aliphatic rings. The van der Waals surface area contributed by atoms with Crippen LogP contribution in [0.15, 0.2) is 12.1 Å². The van der Waals surface area contributed by atoms with E-state index in [4.69, 9.17) is 9.47 Å². The van der Waals surface area contributed by atoms with Crippen molar-refractivity contribution in [2.24, 2.45) is 5.92 Å². The van der Waals surface area contributed by atoms with Crippen LogP contribution in [-0.2, 0) is 5.92 Å². The van der Waals surface area contributed by atoms with Crippen molar-refractivity contribution in [1.82, 2.24) is 0 Å². The van der Waals surface area contributed by atoms with Crippen LogP contribution in [-0.4, -0.2) is 13.2 Å². The summed E-state index contributed by atoms with van der Waals surface area (Å²) in [7, 11) is 0. The third-order valence-corrected chi connectivity index (χ3v) is 2.97. The smallest absolute Gasteiger partial charge is 0.275 e. The molecule has 0 saturated heterocycles. The van der Waals surface area contributed by atoms with Gasteiger partial charge in [0.25, 0.3) is 5.92 Å². The number of rotatable bonds is 2. The molecule has 94 valence electrons. The van der Waals surface area contributed by atoms with E-state index in [-0.39, 0.29) is 5.56 Å². The van der Waals surface area contributed by atoms with Gasteiger partial charge in [0.2, 0.25) is 0 Å². The number of ether oxygens (including phenoxy) is 2. The summed E-state index contributed by atoms with van der Waals surface area (Å²) >= 11 is 0. The SMILES string of the molecule is Cc1cc2c(cc1C(F)(F)C(C)C)OCCO2. The van der Waals surface area contributed by atoms with E-state index < -0.39 is 11.8 Å². The van der Waals surface area contributed by atoms with Gasteiger partial charge in [-0.3, -0.25) is 0 Å². The molecule has 1 aromatic carbocycles. The molecule has 0 unspecified atom stereocenters. The van der Waals surface area contributed by atoms with Gasteiger partial charge in [0.1, 0.15) is 13.2 Å². The van der Waals surface area contributed by atoms with Crippen LogP contribution in [0.5, 0.6) is 11.5 Å². The van der Waals surface area contributed by atoms with Gasteiger partial charge in [0, 0.05) is 11.5 Å². The van der Waals surface area contributed by atoms with Crippen LogP contribution >= 0.6 is 0 Å². The van der Waals surface area contributed by atoms with Crippen molar-refractivity contribution in [2.45, 2.75) is 26.7 Å². The van der Waals surface area contributed by atoms with Gasteiger partial charge in [0.05, 0.1) is 0 Å². The summed E-state index contributed by atoms with van der Waals surface area (Å²) in [6.07, 6.45) is 0. The molecule has 4 heteroatoms. The van der Waals surface area contributed by atoms with Crippen molar-refractivity contribution in [3.8, 4) is 11.5 Å². The zero-order chi connectivity index (χ0) is 12.6. The fourth-order valence-corrected chi connectivity index (χ4v) is 1.86. The first kappa shape index (κ1) is 12.1. The van der Waals surface area contributed by atoms with Gasteiger partial charge in [-0.15, -0.1) is 0 Å². The van der Waals surface area contributed by atoms with Crippen LogP contribution in [0.2, 0.25) is 0 Å². The van der Waals surface area contributed by atoms with Gasteiger partial charge >= 0.3 is 0 Å². The maximum absolute atomic E-state index is 14.0. The van der Waals surface area contributed by atoms with E-state index >= 15 is 0 Å². The van der Waals surface area contributed by atoms with E-state index in [1.807, 2.05) is 0 Å². The van der Waals surface area contributed by atoms with Gasteiger partial charge in [-0.25, -0.2) is 8.78 Å². The lowest BCUT2D eigenvalue weighted by Crippen LogP contribution is -2.23. The predicted molar refractivity (Wildman–Crippen MR) is 60.9 cm³/mol. The number of alkyl halides is 2. The first-order valence-electron chi connectivity index (χ1n) is 5.71. The molecular weight excluding hydrogens is 226 g/mol. The maximum atomic E-state index is 14.0. The quantitative estimate of drug-likeness (QED) is 0.790. The fraction of sp³-hybridized carbons (Fsp3) is 0.538. The number of halogens is 2. The van der Waals surface area contributed by atoms with Crippen molar-refractivity contribution in [1.29, 1.82) is 0 Å². The second kappa shape index (κ2) is 4.17. The van der Waals surface area contributed by atoms with Crippen LogP contribution in [0.3, 0.4) is 0 Å². The number of hydrogen-bond donors (Lipinski definition) is 0. The molecule has 0 spiro atoms. The van der Waals surface area contributed by atoms with Crippen LogP contribution in [0.4, 0.5) is 8.78 Å². The molecule has 0 N–H and O–H groups in total. The van der Waals surface area contributed by atoms with Gasteiger partial charge in [-0.1, -0.05) is 13.8 Å². The third-order valence-electron chi connectivity index (χ3n) is 2.97. The maximum Gasteiger partial charge on any atom is 0.275 e. The van der Waals surface area contributed by atoms with Crippen LogP contribution in [0.25, 0.3) is 0 Å². The van der Waals surface area contributed by atoms with Crippen molar-refractivity contribution in [3.63, 3.8) is 0 Å². The molecule has 0 saturated carbocycles.